The van der Waals surface area contributed by atoms with Gasteiger partial charge in [-0.05, 0) is 90.3 Å². The number of rotatable bonds is 4. The van der Waals surface area contributed by atoms with E-state index in [0.717, 1.165) is 5.69 Å². The van der Waals surface area contributed by atoms with E-state index in [2.05, 4.69) is 158 Å². The van der Waals surface area contributed by atoms with Crippen molar-refractivity contribution in [2.75, 3.05) is 0 Å². The summed E-state index contributed by atoms with van der Waals surface area (Å²) in [5, 5.41) is 7.57. The molecule has 0 unspecified atom stereocenters. The molecule has 1 aromatic heterocycles. The lowest BCUT2D eigenvalue weighted by atomic mass is 9.84. The topological polar surface area (TPSA) is 12.9 Å². The van der Waals surface area contributed by atoms with Gasteiger partial charge in [0.2, 0.25) is 0 Å². The number of nitrogens with zero attached hydrogens (tertiary/aromatic N) is 1. The Kier molecular flexibility index (Phi) is 6.09. The van der Waals surface area contributed by atoms with Crippen LogP contribution in [0.4, 0.5) is 0 Å². The maximum atomic E-state index is 4.55. The molecular formula is C42H29N. The highest BCUT2D eigenvalue weighted by atomic mass is 14.7. The molecule has 1 nitrogen and oxygen atoms in total. The van der Waals surface area contributed by atoms with E-state index in [0.29, 0.717) is 0 Å². The molecule has 0 atom stereocenters. The molecule has 0 saturated carbocycles. The molecule has 0 radical (unpaired) electrons. The Morgan fingerprint density at radius 3 is 1.51 bits per heavy atom. The molecule has 0 N–H and O–H groups in total. The number of hydrogen-bond donors (Lipinski definition) is 0. The van der Waals surface area contributed by atoms with Gasteiger partial charge in [-0.1, -0.05) is 140 Å². The molecule has 202 valence electrons. The van der Waals surface area contributed by atoms with Crippen molar-refractivity contribution < 1.29 is 0 Å². The molecule has 43 heavy (non-hydrogen) atoms. The number of hydrogen-bond acceptors (Lipinski definition) is 1. The van der Waals surface area contributed by atoms with Crippen LogP contribution in [-0.4, -0.2) is 4.98 Å². The van der Waals surface area contributed by atoms with Crippen molar-refractivity contribution in [1.82, 2.24) is 4.98 Å². The van der Waals surface area contributed by atoms with Crippen molar-refractivity contribution in [3.05, 3.63) is 164 Å². The van der Waals surface area contributed by atoms with Gasteiger partial charge in [0.15, 0.2) is 0 Å². The third kappa shape index (κ3) is 4.21. The van der Waals surface area contributed by atoms with Crippen molar-refractivity contribution in [3.8, 4) is 44.5 Å². The van der Waals surface area contributed by atoms with Crippen LogP contribution in [0, 0.1) is 6.92 Å². The SMILES string of the molecule is Cc1ncccc1-c1cccc(-c2c3ccccc3c(-c3cccc4c(-c5ccccc5)cccc34)c3ccccc23)c1. The van der Waals surface area contributed by atoms with Crippen LogP contribution in [0.3, 0.4) is 0 Å². The second-order valence-electron chi connectivity index (χ2n) is 11.1. The Hall–Kier alpha value is -5.53. The molecule has 0 aliphatic carbocycles. The summed E-state index contributed by atoms with van der Waals surface area (Å²) < 4.78 is 0. The minimum absolute atomic E-state index is 1.04. The number of pyridine rings is 1. The van der Waals surface area contributed by atoms with Gasteiger partial charge in [-0.25, -0.2) is 0 Å². The van der Waals surface area contributed by atoms with E-state index in [1.165, 1.54) is 76.8 Å². The van der Waals surface area contributed by atoms with Gasteiger partial charge in [-0.3, -0.25) is 4.98 Å². The monoisotopic (exact) mass is 547 g/mol. The molecule has 0 amide bonds. The first kappa shape index (κ1) is 25.2. The molecule has 0 aliphatic heterocycles. The van der Waals surface area contributed by atoms with Crippen molar-refractivity contribution in [1.29, 1.82) is 0 Å². The fourth-order valence-electron chi connectivity index (χ4n) is 6.76. The van der Waals surface area contributed by atoms with E-state index >= 15 is 0 Å². The van der Waals surface area contributed by atoms with Crippen molar-refractivity contribution >= 4 is 32.3 Å². The second kappa shape index (κ2) is 10.4. The Morgan fingerprint density at radius 1 is 0.349 bits per heavy atom. The second-order valence-corrected chi connectivity index (χ2v) is 11.1. The Morgan fingerprint density at radius 2 is 0.837 bits per heavy atom. The molecule has 1 heteroatoms. The summed E-state index contributed by atoms with van der Waals surface area (Å²) in [5.74, 6) is 0. The van der Waals surface area contributed by atoms with E-state index in [9.17, 15) is 0 Å². The normalized spacial score (nSPS) is 11.4. The predicted octanol–water partition coefficient (Wildman–Crippen LogP) is 11.5. The minimum Gasteiger partial charge on any atom is -0.261 e. The summed E-state index contributed by atoms with van der Waals surface area (Å²) in [6, 6.07) is 55.0. The van der Waals surface area contributed by atoms with Crippen LogP contribution < -0.4 is 0 Å². The molecule has 0 bridgehead atoms. The van der Waals surface area contributed by atoms with Crippen LogP contribution in [0.2, 0.25) is 0 Å². The van der Waals surface area contributed by atoms with E-state index in [1.807, 2.05) is 12.3 Å². The van der Waals surface area contributed by atoms with Crippen LogP contribution in [0.5, 0.6) is 0 Å². The molecule has 0 fully saturated rings. The average molecular weight is 548 g/mol. The summed E-state index contributed by atoms with van der Waals surface area (Å²) in [5.41, 5.74) is 10.9. The number of fused-ring (bicyclic) bond motifs is 3. The van der Waals surface area contributed by atoms with E-state index in [4.69, 9.17) is 0 Å². The van der Waals surface area contributed by atoms with E-state index < -0.39 is 0 Å². The zero-order valence-corrected chi connectivity index (χ0v) is 24.0. The Balaban J connectivity index is 1.44. The average Bonchev–Trinajstić information content (AvgIpc) is 3.07. The minimum atomic E-state index is 1.04. The molecule has 0 aliphatic rings. The van der Waals surface area contributed by atoms with E-state index in [1.54, 1.807) is 0 Å². The third-order valence-electron chi connectivity index (χ3n) is 8.68. The maximum Gasteiger partial charge on any atom is 0.0450 e. The molecule has 0 saturated heterocycles. The molecule has 7 aromatic carbocycles. The number of aryl methyl sites for hydroxylation is 1. The summed E-state index contributed by atoms with van der Waals surface area (Å²) >= 11 is 0. The standard InChI is InChI=1S/C42H29N/c1-28-32(25-12-26-43-28)30-15-9-16-31(27-30)41-37-17-5-7-19-39(37)42(40-20-8-6-18-38(40)41)36-24-11-22-34-33(21-10-23-35(34)36)29-13-3-2-4-14-29/h2-27H,1H3. The lowest BCUT2D eigenvalue weighted by Gasteiger charge is -2.19. The molecule has 1 heterocycles. The predicted molar refractivity (Wildman–Crippen MR) is 183 cm³/mol. The maximum absolute atomic E-state index is 4.55. The molecule has 8 rings (SSSR count). The highest BCUT2D eigenvalue weighted by Gasteiger charge is 2.19. The molecule has 0 spiro atoms. The van der Waals surface area contributed by atoms with Gasteiger partial charge in [0.25, 0.3) is 0 Å². The highest BCUT2D eigenvalue weighted by Crippen LogP contribution is 2.46. The van der Waals surface area contributed by atoms with Crippen LogP contribution in [0.15, 0.2) is 158 Å². The molecule has 8 aromatic rings. The number of benzene rings is 7. The van der Waals surface area contributed by atoms with Gasteiger partial charge in [0, 0.05) is 17.5 Å². The zero-order chi connectivity index (χ0) is 28.8. The Bertz CT molecular complexity index is 2240. The third-order valence-corrected chi connectivity index (χ3v) is 8.68. The van der Waals surface area contributed by atoms with Gasteiger partial charge >= 0.3 is 0 Å². The number of aromatic nitrogens is 1. The first-order valence-corrected chi connectivity index (χ1v) is 14.8. The summed E-state index contributed by atoms with van der Waals surface area (Å²) in [7, 11) is 0. The van der Waals surface area contributed by atoms with Crippen LogP contribution >= 0.6 is 0 Å². The van der Waals surface area contributed by atoms with Crippen LogP contribution in [-0.2, 0) is 0 Å². The smallest absolute Gasteiger partial charge is 0.0450 e. The van der Waals surface area contributed by atoms with Gasteiger partial charge in [-0.2, -0.15) is 0 Å². The van der Waals surface area contributed by atoms with Gasteiger partial charge in [0.05, 0.1) is 0 Å². The molecular weight excluding hydrogens is 518 g/mol. The van der Waals surface area contributed by atoms with Gasteiger partial charge < -0.3 is 0 Å². The summed E-state index contributed by atoms with van der Waals surface area (Å²) in [6.07, 6.45) is 1.86. The van der Waals surface area contributed by atoms with Gasteiger partial charge in [-0.15, -0.1) is 0 Å². The van der Waals surface area contributed by atoms with Crippen molar-refractivity contribution in [2.24, 2.45) is 0 Å². The lowest BCUT2D eigenvalue weighted by Crippen LogP contribution is -1.93. The quantitative estimate of drug-likeness (QED) is 0.200. The largest absolute Gasteiger partial charge is 0.261 e. The van der Waals surface area contributed by atoms with Crippen LogP contribution in [0.25, 0.3) is 76.8 Å². The fourth-order valence-corrected chi connectivity index (χ4v) is 6.76. The fraction of sp³-hybridized carbons (Fsp3) is 0.0238. The highest BCUT2D eigenvalue weighted by molar-refractivity contribution is 6.24. The summed E-state index contributed by atoms with van der Waals surface area (Å²) in [6.45, 7) is 2.08. The first-order valence-electron chi connectivity index (χ1n) is 14.8. The van der Waals surface area contributed by atoms with Gasteiger partial charge in [0.1, 0.15) is 0 Å². The van der Waals surface area contributed by atoms with Crippen LogP contribution in [0.1, 0.15) is 5.69 Å². The van der Waals surface area contributed by atoms with E-state index in [-0.39, 0.29) is 0 Å². The lowest BCUT2D eigenvalue weighted by molar-refractivity contribution is 1.20. The summed E-state index contributed by atoms with van der Waals surface area (Å²) in [4.78, 5) is 4.55. The van der Waals surface area contributed by atoms with Crippen molar-refractivity contribution in [2.45, 2.75) is 6.92 Å². The van der Waals surface area contributed by atoms with Crippen molar-refractivity contribution in [3.63, 3.8) is 0 Å². The Labute approximate surface area is 251 Å². The zero-order valence-electron chi connectivity index (χ0n) is 24.0. The first-order chi connectivity index (χ1) is 21.3.